The van der Waals surface area contributed by atoms with Crippen LogP contribution in [0.25, 0.3) is 0 Å². The lowest BCUT2D eigenvalue weighted by Crippen LogP contribution is -2.47. The molecule has 2 unspecified atom stereocenters. The maximum absolute atomic E-state index is 12.4. The van der Waals surface area contributed by atoms with E-state index < -0.39 is 11.4 Å². The van der Waals surface area contributed by atoms with Crippen molar-refractivity contribution in [1.29, 1.82) is 0 Å². The van der Waals surface area contributed by atoms with E-state index in [9.17, 15) is 14.7 Å². The minimum atomic E-state index is -0.875. The van der Waals surface area contributed by atoms with E-state index in [1.54, 1.807) is 26.2 Å². The summed E-state index contributed by atoms with van der Waals surface area (Å²) < 4.78 is 6.83. The van der Waals surface area contributed by atoms with E-state index in [2.05, 4.69) is 5.32 Å². The van der Waals surface area contributed by atoms with Crippen LogP contribution in [0.1, 0.15) is 36.7 Å². The van der Waals surface area contributed by atoms with Crippen LogP contribution in [0.4, 0.5) is 0 Å². The van der Waals surface area contributed by atoms with Crippen molar-refractivity contribution < 1.29 is 19.4 Å². The Balaban J connectivity index is 2.08. The molecule has 6 heteroatoms. The Morgan fingerprint density at radius 3 is 3.00 bits per heavy atom. The number of carboxylic acids is 1. The van der Waals surface area contributed by atoms with E-state index in [0.29, 0.717) is 31.7 Å². The molecule has 116 valence electrons. The zero-order valence-electron chi connectivity index (χ0n) is 12.5. The number of aromatic nitrogens is 1. The van der Waals surface area contributed by atoms with Gasteiger partial charge in [0.1, 0.15) is 5.69 Å². The first kappa shape index (κ1) is 15.6. The summed E-state index contributed by atoms with van der Waals surface area (Å²) >= 11 is 0. The molecular formula is C15H22N2O4. The molecule has 1 aliphatic rings. The first-order valence-electron chi connectivity index (χ1n) is 7.17. The highest BCUT2D eigenvalue weighted by molar-refractivity contribution is 5.93. The SMILES string of the molecule is COCCn1cccc1C(=O)NC1CCCC1(C)C(=O)O. The van der Waals surface area contributed by atoms with Crippen LogP contribution in [0.3, 0.4) is 0 Å². The van der Waals surface area contributed by atoms with Crippen molar-refractivity contribution in [1.82, 2.24) is 9.88 Å². The number of methoxy groups -OCH3 is 1. The molecule has 0 aromatic carbocycles. The van der Waals surface area contributed by atoms with Gasteiger partial charge in [0.2, 0.25) is 0 Å². The summed E-state index contributed by atoms with van der Waals surface area (Å²) in [5.74, 6) is -1.07. The van der Waals surface area contributed by atoms with Gasteiger partial charge in [-0.15, -0.1) is 0 Å². The Bertz CT molecular complexity index is 525. The lowest BCUT2D eigenvalue weighted by atomic mass is 9.85. The van der Waals surface area contributed by atoms with Gasteiger partial charge in [0.15, 0.2) is 0 Å². The molecule has 0 aliphatic heterocycles. The Labute approximate surface area is 124 Å². The molecule has 1 saturated carbocycles. The third-order valence-corrected chi connectivity index (χ3v) is 4.35. The molecule has 1 aromatic heterocycles. The number of ether oxygens (including phenoxy) is 1. The number of amides is 1. The Kier molecular flexibility index (Phi) is 4.67. The number of nitrogens with one attached hydrogen (secondary N) is 1. The fraction of sp³-hybridized carbons (Fsp3) is 0.600. The lowest BCUT2D eigenvalue weighted by Gasteiger charge is -2.27. The van der Waals surface area contributed by atoms with Crippen molar-refractivity contribution in [3.63, 3.8) is 0 Å². The second kappa shape index (κ2) is 6.30. The molecule has 0 saturated heterocycles. The molecule has 0 radical (unpaired) electrons. The summed E-state index contributed by atoms with van der Waals surface area (Å²) in [6, 6.07) is 3.21. The van der Waals surface area contributed by atoms with Crippen LogP contribution >= 0.6 is 0 Å². The van der Waals surface area contributed by atoms with Crippen LogP contribution in [0.2, 0.25) is 0 Å². The van der Waals surface area contributed by atoms with Gasteiger partial charge in [0, 0.05) is 25.9 Å². The van der Waals surface area contributed by atoms with E-state index in [1.807, 2.05) is 10.8 Å². The van der Waals surface area contributed by atoms with Gasteiger partial charge < -0.3 is 19.7 Å². The number of carboxylic acid groups (broad SMARTS) is 1. The number of hydrogen-bond acceptors (Lipinski definition) is 3. The minimum Gasteiger partial charge on any atom is -0.481 e. The number of carbonyl (C=O) groups excluding carboxylic acids is 1. The van der Waals surface area contributed by atoms with Gasteiger partial charge in [-0.05, 0) is 31.9 Å². The predicted molar refractivity (Wildman–Crippen MR) is 77.2 cm³/mol. The quantitative estimate of drug-likeness (QED) is 0.833. The highest BCUT2D eigenvalue weighted by Gasteiger charge is 2.46. The molecule has 0 spiro atoms. The first-order valence-corrected chi connectivity index (χ1v) is 7.17. The number of carbonyl (C=O) groups is 2. The van der Waals surface area contributed by atoms with E-state index in [1.165, 1.54) is 0 Å². The molecule has 21 heavy (non-hydrogen) atoms. The molecule has 1 fully saturated rings. The number of hydrogen-bond donors (Lipinski definition) is 2. The molecule has 1 heterocycles. The van der Waals surface area contributed by atoms with Gasteiger partial charge in [-0.2, -0.15) is 0 Å². The molecule has 0 bridgehead atoms. The van der Waals surface area contributed by atoms with Gasteiger partial charge >= 0.3 is 5.97 Å². The normalized spacial score (nSPS) is 25.0. The smallest absolute Gasteiger partial charge is 0.311 e. The summed E-state index contributed by atoms with van der Waals surface area (Å²) in [6.07, 6.45) is 3.93. The Hall–Kier alpha value is -1.82. The largest absolute Gasteiger partial charge is 0.481 e. The van der Waals surface area contributed by atoms with Gasteiger partial charge in [-0.25, -0.2) is 0 Å². The molecule has 6 nitrogen and oxygen atoms in total. The second-order valence-electron chi connectivity index (χ2n) is 5.72. The van der Waals surface area contributed by atoms with E-state index in [0.717, 1.165) is 6.42 Å². The summed E-state index contributed by atoms with van der Waals surface area (Å²) in [4.78, 5) is 23.8. The molecular weight excluding hydrogens is 272 g/mol. The van der Waals surface area contributed by atoms with Gasteiger partial charge in [0.25, 0.3) is 5.91 Å². The van der Waals surface area contributed by atoms with Crippen molar-refractivity contribution in [3.8, 4) is 0 Å². The molecule has 1 aliphatic carbocycles. The molecule has 1 aromatic rings. The summed E-state index contributed by atoms with van der Waals surface area (Å²) in [6.45, 7) is 2.82. The average molecular weight is 294 g/mol. The number of rotatable bonds is 6. The number of nitrogens with zero attached hydrogens (tertiary/aromatic N) is 1. The van der Waals surface area contributed by atoms with Gasteiger partial charge in [0.05, 0.1) is 12.0 Å². The third kappa shape index (κ3) is 3.10. The fourth-order valence-corrected chi connectivity index (χ4v) is 2.89. The van der Waals surface area contributed by atoms with Crippen LogP contribution in [0.15, 0.2) is 18.3 Å². The zero-order chi connectivity index (χ0) is 15.5. The van der Waals surface area contributed by atoms with Crippen LogP contribution in [0, 0.1) is 5.41 Å². The fourth-order valence-electron chi connectivity index (χ4n) is 2.89. The lowest BCUT2D eigenvalue weighted by molar-refractivity contribution is -0.148. The van der Waals surface area contributed by atoms with Crippen molar-refractivity contribution in [2.24, 2.45) is 5.41 Å². The van der Waals surface area contributed by atoms with Crippen LogP contribution < -0.4 is 5.32 Å². The molecule has 2 N–H and O–H groups in total. The summed E-state index contributed by atoms with van der Waals surface area (Å²) in [5, 5.41) is 12.3. The topological polar surface area (TPSA) is 80.6 Å². The van der Waals surface area contributed by atoms with Crippen molar-refractivity contribution in [2.75, 3.05) is 13.7 Å². The minimum absolute atomic E-state index is 0.226. The average Bonchev–Trinajstić information content (AvgIpc) is 3.04. The number of aliphatic carboxylic acids is 1. The Morgan fingerprint density at radius 1 is 1.57 bits per heavy atom. The first-order chi connectivity index (χ1) is 9.99. The Morgan fingerprint density at radius 2 is 2.33 bits per heavy atom. The second-order valence-corrected chi connectivity index (χ2v) is 5.72. The molecule has 1 amide bonds. The summed E-state index contributed by atoms with van der Waals surface area (Å²) in [5.41, 5.74) is -0.341. The van der Waals surface area contributed by atoms with Crippen molar-refractivity contribution in [2.45, 2.75) is 38.8 Å². The van der Waals surface area contributed by atoms with Crippen molar-refractivity contribution >= 4 is 11.9 Å². The zero-order valence-corrected chi connectivity index (χ0v) is 12.5. The van der Waals surface area contributed by atoms with E-state index in [4.69, 9.17) is 4.74 Å². The third-order valence-electron chi connectivity index (χ3n) is 4.35. The maximum atomic E-state index is 12.4. The van der Waals surface area contributed by atoms with Gasteiger partial charge in [-0.1, -0.05) is 6.42 Å². The highest BCUT2D eigenvalue weighted by atomic mass is 16.5. The monoisotopic (exact) mass is 294 g/mol. The standard InChI is InChI=1S/C15H22N2O4/c1-15(14(19)20)7-3-6-12(15)16-13(18)11-5-4-8-17(11)9-10-21-2/h4-5,8,12H,3,6-7,9-10H2,1-2H3,(H,16,18)(H,19,20). The molecule has 2 rings (SSSR count). The predicted octanol–water partition coefficient (Wildman–Crippen LogP) is 1.51. The van der Waals surface area contributed by atoms with E-state index in [-0.39, 0.29) is 11.9 Å². The maximum Gasteiger partial charge on any atom is 0.311 e. The van der Waals surface area contributed by atoms with Crippen LogP contribution in [-0.2, 0) is 16.1 Å². The van der Waals surface area contributed by atoms with Gasteiger partial charge in [-0.3, -0.25) is 9.59 Å². The van der Waals surface area contributed by atoms with Crippen LogP contribution in [-0.4, -0.2) is 41.3 Å². The van der Waals surface area contributed by atoms with Crippen LogP contribution in [0.5, 0.6) is 0 Å². The van der Waals surface area contributed by atoms with Crippen molar-refractivity contribution in [3.05, 3.63) is 24.0 Å². The summed E-state index contributed by atoms with van der Waals surface area (Å²) in [7, 11) is 1.61. The highest BCUT2D eigenvalue weighted by Crippen LogP contribution is 2.38. The molecule has 2 atom stereocenters. The van der Waals surface area contributed by atoms with E-state index >= 15 is 0 Å².